The van der Waals surface area contributed by atoms with Crippen LogP contribution in [0.3, 0.4) is 0 Å². The van der Waals surface area contributed by atoms with Crippen molar-refractivity contribution in [2.24, 2.45) is 0 Å². The van der Waals surface area contributed by atoms with Gasteiger partial charge >= 0.3 is 5.97 Å². The number of rotatable bonds is 7. The monoisotopic (exact) mass is 398 g/mol. The Bertz CT molecular complexity index is 748. The Morgan fingerprint density at radius 2 is 2.12 bits per heavy atom. The molecule has 10 heteroatoms. The molecule has 0 aliphatic carbocycles. The lowest BCUT2D eigenvalue weighted by atomic mass is 10.1. The van der Waals surface area contributed by atoms with Gasteiger partial charge in [0.15, 0.2) is 0 Å². The number of nitrogens with zero attached hydrogens (tertiary/aromatic N) is 2. The number of carboxylic acids is 1. The van der Waals surface area contributed by atoms with E-state index in [0.29, 0.717) is 22.6 Å². The highest BCUT2D eigenvalue weighted by Gasteiger charge is 2.40. The van der Waals surface area contributed by atoms with Crippen LogP contribution in [-0.2, 0) is 9.59 Å². The summed E-state index contributed by atoms with van der Waals surface area (Å²) in [6.07, 6.45) is 3.71. The maximum absolute atomic E-state index is 12.6. The number of hydrogen-bond donors (Lipinski definition) is 1. The molecule has 0 radical (unpaired) electrons. The van der Waals surface area contributed by atoms with Gasteiger partial charge in [0, 0.05) is 12.1 Å². The third-order valence-electron chi connectivity index (χ3n) is 3.42. The number of carboxylic acid groups (broad SMARTS) is 1. The van der Waals surface area contributed by atoms with Gasteiger partial charge in [-0.3, -0.25) is 19.8 Å². The number of nitro groups is 1. The summed E-state index contributed by atoms with van der Waals surface area (Å²) < 4.78 is 0.201. The van der Waals surface area contributed by atoms with E-state index in [1.165, 1.54) is 36.0 Å². The van der Waals surface area contributed by atoms with Crippen LogP contribution in [0.5, 0.6) is 0 Å². The minimum absolute atomic E-state index is 0.0484. The SMILES string of the molecule is CSCC[C@@H](C(=O)O)N1C(=O)/C(=C\c2ccc([N+](=O)[O-])cc2)SC1=S. The van der Waals surface area contributed by atoms with Gasteiger partial charge < -0.3 is 5.11 Å². The van der Waals surface area contributed by atoms with Crippen molar-refractivity contribution >= 4 is 63.7 Å². The molecule has 1 atom stereocenters. The fraction of sp³-hybridized carbons (Fsp3) is 0.267. The van der Waals surface area contributed by atoms with Gasteiger partial charge in [-0.2, -0.15) is 11.8 Å². The standard InChI is InChI=1S/C15H14N2O5S3/c1-24-7-6-11(14(19)20)16-13(18)12(25-15(16)23)8-9-2-4-10(5-3-9)17(21)22/h2-5,8,11H,6-7H2,1H3,(H,19,20)/b12-8+/t11-/m0/s1. The molecule has 1 aliphatic heterocycles. The van der Waals surface area contributed by atoms with Gasteiger partial charge in [0.25, 0.3) is 11.6 Å². The van der Waals surface area contributed by atoms with E-state index >= 15 is 0 Å². The zero-order valence-corrected chi connectivity index (χ0v) is 15.5. The van der Waals surface area contributed by atoms with Crippen LogP contribution in [0.2, 0.25) is 0 Å². The molecule has 1 amide bonds. The highest BCUT2D eigenvalue weighted by atomic mass is 32.2. The smallest absolute Gasteiger partial charge is 0.326 e. The molecule has 7 nitrogen and oxygen atoms in total. The number of hydrogen-bond acceptors (Lipinski definition) is 7. The maximum Gasteiger partial charge on any atom is 0.326 e. The Labute approximate surface area is 157 Å². The van der Waals surface area contributed by atoms with Crippen molar-refractivity contribution in [2.45, 2.75) is 12.5 Å². The average molecular weight is 398 g/mol. The van der Waals surface area contributed by atoms with Gasteiger partial charge in [0.2, 0.25) is 0 Å². The predicted molar refractivity (Wildman–Crippen MR) is 103 cm³/mol. The van der Waals surface area contributed by atoms with Gasteiger partial charge in [0.1, 0.15) is 10.4 Å². The number of carbonyl (C=O) groups excluding carboxylic acids is 1. The van der Waals surface area contributed by atoms with Gasteiger partial charge in [0.05, 0.1) is 9.83 Å². The number of amides is 1. The minimum atomic E-state index is -1.10. The Morgan fingerprint density at radius 3 is 2.64 bits per heavy atom. The topological polar surface area (TPSA) is 101 Å². The summed E-state index contributed by atoms with van der Waals surface area (Å²) in [5, 5.41) is 20.1. The van der Waals surface area contributed by atoms with Crippen molar-refractivity contribution in [3.63, 3.8) is 0 Å². The quantitative estimate of drug-likeness (QED) is 0.324. The predicted octanol–water partition coefficient (Wildman–Crippen LogP) is 3.00. The molecule has 0 aromatic heterocycles. The van der Waals surface area contributed by atoms with Crippen LogP contribution in [-0.4, -0.2) is 49.2 Å². The van der Waals surface area contributed by atoms with E-state index in [4.69, 9.17) is 12.2 Å². The summed E-state index contributed by atoms with van der Waals surface area (Å²) in [4.78, 5) is 35.7. The lowest BCUT2D eigenvalue weighted by Crippen LogP contribution is -2.44. The number of thiocarbonyl (C=S) groups is 1. The molecule has 132 valence electrons. The van der Waals surface area contributed by atoms with Crippen LogP contribution in [0.1, 0.15) is 12.0 Å². The van der Waals surface area contributed by atoms with E-state index in [1.807, 2.05) is 6.26 Å². The van der Waals surface area contributed by atoms with Gasteiger partial charge in [-0.15, -0.1) is 0 Å². The molecule has 1 aromatic carbocycles. The molecule has 1 aliphatic rings. The largest absolute Gasteiger partial charge is 0.480 e. The first-order valence-corrected chi connectivity index (χ1v) is 9.70. The zero-order valence-electron chi connectivity index (χ0n) is 13.1. The second-order valence-electron chi connectivity index (χ2n) is 5.04. The van der Waals surface area contributed by atoms with E-state index in [9.17, 15) is 24.8 Å². The molecular formula is C15H14N2O5S3. The van der Waals surface area contributed by atoms with Gasteiger partial charge in [-0.25, -0.2) is 4.79 Å². The Kier molecular flexibility index (Phi) is 6.57. The maximum atomic E-state index is 12.6. The number of benzene rings is 1. The second-order valence-corrected chi connectivity index (χ2v) is 7.70. The van der Waals surface area contributed by atoms with Crippen LogP contribution in [0.25, 0.3) is 6.08 Å². The average Bonchev–Trinajstić information content (AvgIpc) is 2.83. The van der Waals surface area contributed by atoms with Crippen molar-refractivity contribution < 1.29 is 19.6 Å². The summed E-state index contributed by atoms with van der Waals surface area (Å²) >= 11 is 7.71. The third kappa shape index (κ3) is 4.59. The lowest BCUT2D eigenvalue weighted by Gasteiger charge is -2.22. The molecule has 1 aromatic rings. The number of carbonyl (C=O) groups is 2. The van der Waals surface area contributed by atoms with Crippen LogP contribution in [0, 0.1) is 10.1 Å². The normalized spacial score (nSPS) is 17.2. The molecule has 0 saturated carbocycles. The number of aliphatic carboxylic acids is 1. The van der Waals surface area contributed by atoms with Crippen molar-refractivity contribution in [3.05, 3.63) is 44.8 Å². The van der Waals surface area contributed by atoms with E-state index < -0.39 is 22.8 Å². The molecule has 1 heterocycles. The molecule has 1 N–H and O–H groups in total. The Balaban J connectivity index is 2.24. The molecule has 1 saturated heterocycles. The van der Waals surface area contributed by atoms with E-state index in [0.717, 1.165) is 16.7 Å². The molecule has 0 unspecified atom stereocenters. The molecular weight excluding hydrogens is 384 g/mol. The van der Waals surface area contributed by atoms with Crippen molar-refractivity contribution in [2.75, 3.05) is 12.0 Å². The van der Waals surface area contributed by atoms with Crippen LogP contribution in [0.4, 0.5) is 5.69 Å². The van der Waals surface area contributed by atoms with Crippen molar-refractivity contribution in [1.29, 1.82) is 0 Å². The second kappa shape index (κ2) is 8.45. The minimum Gasteiger partial charge on any atom is -0.480 e. The van der Waals surface area contributed by atoms with Crippen LogP contribution >= 0.6 is 35.7 Å². The van der Waals surface area contributed by atoms with Crippen LogP contribution < -0.4 is 0 Å². The molecule has 2 rings (SSSR count). The summed E-state index contributed by atoms with van der Waals surface area (Å²) in [7, 11) is 0. The van der Waals surface area contributed by atoms with Gasteiger partial charge in [-0.05, 0) is 42.2 Å². The van der Waals surface area contributed by atoms with Crippen LogP contribution in [0.15, 0.2) is 29.2 Å². The third-order valence-corrected chi connectivity index (χ3v) is 5.39. The highest BCUT2D eigenvalue weighted by Crippen LogP contribution is 2.35. The lowest BCUT2D eigenvalue weighted by molar-refractivity contribution is -0.384. The van der Waals surface area contributed by atoms with E-state index in [2.05, 4.69) is 0 Å². The number of nitro benzene ring substituents is 1. The molecule has 0 bridgehead atoms. The summed E-state index contributed by atoms with van der Waals surface area (Å²) in [5.41, 5.74) is 0.551. The molecule has 25 heavy (non-hydrogen) atoms. The first-order chi connectivity index (χ1) is 11.8. The summed E-state index contributed by atoms with van der Waals surface area (Å²) in [6.45, 7) is 0. The first-order valence-electron chi connectivity index (χ1n) is 7.08. The highest BCUT2D eigenvalue weighted by molar-refractivity contribution is 8.26. The molecule has 0 spiro atoms. The number of non-ortho nitro benzene ring substituents is 1. The Hall–Kier alpha value is -1.91. The zero-order chi connectivity index (χ0) is 18.6. The van der Waals surface area contributed by atoms with E-state index in [-0.39, 0.29) is 10.0 Å². The molecule has 1 fully saturated rings. The Morgan fingerprint density at radius 1 is 1.48 bits per heavy atom. The van der Waals surface area contributed by atoms with Crippen molar-refractivity contribution in [1.82, 2.24) is 4.90 Å². The van der Waals surface area contributed by atoms with E-state index in [1.54, 1.807) is 6.08 Å². The fourth-order valence-corrected chi connectivity index (χ4v) is 4.00. The van der Waals surface area contributed by atoms with Crippen molar-refractivity contribution in [3.8, 4) is 0 Å². The summed E-state index contributed by atoms with van der Waals surface area (Å²) in [5.74, 6) is -0.959. The summed E-state index contributed by atoms with van der Waals surface area (Å²) in [6, 6.07) is 4.72. The van der Waals surface area contributed by atoms with Gasteiger partial charge in [-0.1, -0.05) is 24.0 Å². The number of thioether (sulfide) groups is 2. The first kappa shape index (κ1) is 19.4. The fourth-order valence-electron chi connectivity index (χ4n) is 2.18.